The molecule has 18 heavy (non-hydrogen) atoms. The Hall–Kier alpha value is -0.940. The van der Waals surface area contributed by atoms with E-state index in [9.17, 15) is 9.18 Å². The molecule has 0 fully saturated rings. The van der Waals surface area contributed by atoms with E-state index in [-0.39, 0.29) is 17.6 Å². The van der Waals surface area contributed by atoms with Gasteiger partial charge in [-0.15, -0.1) is 0 Å². The largest absolute Gasteiger partial charge is 0.324 e. The first-order valence-corrected chi connectivity index (χ1v) is 6.68. The molecule has 0 radical (unpaired) electrons. The van der Waals surface area contributed by atoms with Gasteiger partial charge in [-0.25, -0.2) is 4.39 Å². The molecule has 2 atom stereocenters. The third-order valence-corrected chi connectivity index (χ3v) is 3.69. The Labute approximate surface area is 115 Å². The molecule has 0 saturated heterocycles. The van der Waals surface area contributed by atoms with Crippen LogP contribution in [-0.4, -0.2) is 11.9 Å². The summed E-state index contributed by atoms with van der Waals surface area (Å²) in [6.45, 7) is 5.65. The van der Waals surface area contributed by atoms with E-state index in [1.165, 1.54) is 6.07 Å². The molecule has 0 spiro atoms. The van der Waals surface area contributed by atoms with Gasteiger partial charge in [0.15, 0.2) is 0 Å². The number of rotatable bonds is 4. The number of hydrogen-bond donors (Lipinski definition) is 2. The highest BCUT2D eigenvalue weighted by atomic mass is 79.9. The van der Waals surface area contributed by atoms with Crippen LogP contribution < -0.4 is 11.1 Å². The predicted molar refractivity (Wildman–Crippen MR) is 74.9 cm³/mol. The molecular weight excluding hydrogens is 299 g/mol. The van der Waals surface area contributed by atoms with Crippen LogP contribution in [0.3, 0.4) is 0 Å². The smallest absolute Gasteiger partial charge is 0.241 e. The molecule has 100 valence electrons. The first-order chi connectivity index (χ1) is 8.36. The lowest BCUT2D eigenvalue weighted by atomic mass is 9.99. The molecule has 0 aliphatic heterocycles. The fraction of sp³-hybridized carbons (Fsp3) is 0.462. The molecule has 3 N–H and O–H groups in total. The van der Waals surface area contributed by atoms with Gasteiger partial charge in [0.2, 0.25) is 5.91 Å². The van der Waals surface area contributed by atoms with Crippen molar-refractivity contribution < 1.29 is 9.18 Å². The van der Waals surface area contributed by atoms with Crippen LogP contribution in [0.25, 0.3) is 0 Å². The van der Waals surface area contributed by atoms with Gasteiger partial charge in [-0.1, -0.05) is 20.3 Å². The maximum absolute atomic E-state index is 13.3. The van der Waals surface area contributed by atoms with Gasteiger partial charge in [-0.2, -0.15) is 0 Å². The van der Waals surface area contributed by atoms with Crippen molar-refractivity contribution in [3.63, 3.8) is 0 Å². The molecular formula is C13H18BrFN2O. The molecule has 0 heterocycles. The van der Waals surface area contributed by atoms with Crippen molar-refractivity contribution in [2.75, 3.05) is 5.32 Å². The lowest BCUT2D eigenvalue weighted by Gasteiger charge is -2.18. The third kappa shape index (κ3) is 3.53. The summed E-state index contributed by atoms with van der Waals surface area (Å²) in [4.78, 5) is 11.9. The first kappa shape index (κ1) is 15.1. The highest BCUT2D eigenvalue weighted by Crippen LogP contribution is 2.24. The fourth-order valence-electron chi connectivity index (χ4n) is 1.51. The van der Waals surface area contributed by atoms with Gasteiger partial charge in [0.1, 0.15) is 5.82 Å². The van der Waals surface area contributed by atoms with E-state index in [0.717, 1.165) is 6.42 Å². The SMILES string of the molecule is CCC(C)[C@H](N)C(=O)Nc1cc(Br)c(F)cc1C. The number of carbonyl (C=O) groups excluding carboxylic acids is 1. The standard InChI is InChI=1S/C13H18BrFN2O/c1-4-7(2)12(16)13(18)17-11-6-9(14)10(15)5-8(11)3/h5-7,12H,4,16H2,1-3H3,(H,17,18)/t7?,12-/m0/s1. The van der Waals surface area contributed by atoms with Gasteiger partial charge in [-0.05, 0) is 46.5 Å². The average Bonchev–Trinajstić information content (AvgIpc) is 2.33. The molecule has 3 nitrogen and oxygen atoms in total. The third-order valence-electron chi connectivity index (χ3n) is 3.08. The summed E-state index contributed by atoms with van der Waals surface area (Å²) in [7, 11) is 0. The molecule has 1 rings (SSSR count). The first-order valence-electron chi connectivity index (χ1n) is 5.88. The van der Waals surface area contributed by atoms with Crippen LogP contribution in [0.5, 0.6) is 0 Å². The Morgan fingerprint density at radius 3 is 2.72 bits per heavy atom. The summed E-state index contributed by atoms with van der Waals surface area (Å²) in [6.07, 6.45) is 0.834. The van der Waals surface area contributed by atoms with E-state index < -0.39 is 6.04 Å². The minimum Gasteiger partial charge on any atom is -0.324 e. The fourth-order valence-corrected chi connectivity index (χ4v) is 1.85. The molecule has 1 aromatic rings. The molecule has 0 aliphatic rings. The summed E-state index contributed by atoms with van der Waals surface area (Å²) < 4.78 is 13.6. The van der Waals surface area contributed by atoms with E-state index in [2.05, 4.69) is 21.2 Å². The van der Waals surface area contributed by atoms with E-state index in [0.29, 0.717) is 15.7 Å². The summed E-state index contributed by atoms with van der Waals surface area (Å²) in [5, 5.41) is 2.73. The zero-order valence-corrected chi connectivity index (χ0v) is 12.3. The number of aryl methyl sites for hydroxylation is 1. The van der Waals surface area contributed by atoms with Crippen molar-refractivity contribution in [2.24, 2.45) is 11.7 Å². The number of halogens is 2. The topological polar surface area (TPSA) is 55.1 Å². The maximum atomic E-state index is 13.3. The molecule has 0 aromatic heterocycles. The highest BCUT2D eigenvalue weighted by molar-refractivity contribution is 9.10. The Bertz CT molecular complexity index is 451. The minimum atomic E-state index is -0.557. The number of nitrogens with two attached hydrogens (primary N) is 1. The molecule has 5 heteroatoms. The number of nitrogens with one attached hydrogen (secondary N) is 1. The second-order valence-corrected chi connectivity index (χ2v) is 5.34. The van der Waals surface area contributed by atoms with E-state index in [1.807, 2.05) is 13.8 Å². The van der Waals surface area contributed by atoms with Gasteiger partial charge in [-0.3, -0.25) is 4.79 Å². The normalized spacial score (nSPS) is 14.1. The summed E-state index contributed by atoms with van der Waals surface area (Å²) >= 11 is 3.09. The minimum absolute atomic E-state index is 0.106. The zero-order valence-electron chi connectivity index (χ0n) is 10.8. The number of amides is 1. The van der Waals surface area contributed by atoms with Gasteiger partial charge < -0.3 is 11.1 Å². The van der Waals surface area contributed by atoms with Crippen LogP contribution >= 0.6 is 15.9 Å². The van der Waals surface area contributed by atoms with Gasteiger partial charge in [0, 0.05) is 5.69 Å². The molecule has 1 amide bonds. The number of hydrogen-bond acceptors (Lipinski definition) is 2. The Kier molecular flexibility index (Phi) is 5.28. The monoisotopic (exact) mass is 316 g/mol. The average molecular weight is 317 g/mol. The van der Waals surface area contributed by atoms with Crippen molar-refractivity contribution in [2.45, 2.75) is 33.2 Å². The molecule has 1 aromatic carbocycles. The van der Waals surface area contributed by atoms with Gasteiger partial charge in [0.05, 0.1) is 10.5 Å². The van der Waals surface area contributed by atoms with Crippen molar-refractivity contribution in [3.05, 3.63) is 28.0 Å². The Balaban J connectivity index is 2.85. The maximum Gasteiger partial charge on any atom is 0.241 e. The molecule has 0 saturated carbocycles. The van der Waals surface area contributed by atoms with Gasteiger partial charge in [0.25, 0.3) is 0 Å². The number of anilines is 1. The van der Waals surface area contributed by atoms with Crippen LogP contribution in [0.4, 0.5) is 10.1 Å². The van der Waals surface area contributed by atoms with E-state index >= 15 is 0 Å². The van der Waals surface area contributed by atoms with Crippen molar-refractivity contribution in [3.8, 4) is 0 Å². The van der Waals surface area contributed by atoms with Crippen LogP contribution in [0, 0.1) is 18.7 Å². The highest BCUT2D eigenvalue weighted by Gasteiger charge is 2.20. The summed E-state index contributed by atoms with van der Waals surface area (Å²) in [6, 6.07) is 2.36. The zero-order chi connectivity index (χ0) is 13.9. The number of carbonyl (C=O) groups is 1. The second-order valence-electron chi connectivity index (χ2n) is 4.48. The van der Waals surface area contributed by atoms with Crippen molar-refractivity contribution in [1.29, 1.82) is 0 Å². The van der Waals surface area contributed by atoms with Crippen LogP contribution in [0.2, 0.25) is 0 Å². The Morgan fingerprint density at radius 2 is 2.17 bits per heavy atom. The molecule has 0 aliphatic carbocycles. The predicted octanol–water partition coefficient (Wildman–Crippen LogP) is 3.21. The summed E-state index contributed by atoms with van der Waals surface area (Å²) in [5.74, 6) is -0.489. The van der Waals surface area contributed by atoms with Crippen LogP contribution in [0.1, 0.15) is 25.8 Å². The van der Waals surface area contributed by atoms with Crippen molar-refractivity contribution in [1.82, 2.24) is 0 Å². The molecule has 1 unspecified atom stereocenters. The van der Waals surface area contributed by atoms with Crippen LogP contribution in [0.15, 0.2) is 16.6 Å². The quantitative estimate of drug-likeness (QED) is 0.896. The number of benzene rings is 1. The lowest BCUT2D eigenvalue weighted by Crippen LogP contribution is -2.40. The molecule has 0 bridgehead atoms. The van der Waals surface area contributed by atoms with E-state index in [1.54, 1.807) is 13.0 Å². The Morgan fingerprint density at radius 1 is 1.56 bits per heavy atom. The van der Waals surface area contributed by atoms with Crippen LogP contribution in [-0.2, 0) is 4.79 Å². The van der Waals surface area contributed by atoms with E-state index in [4.69, 9.17) is 5.73 Å². The second kappa shape index (κ2) is 6.29. The summed E-state index contributed by atoms with van der Waals surface area (Å²) in [5.41, 5.74) is 7.08. The van der Waals surface area contributed by atoms with Gasteiger partial charge >= 0.3 is 0 Å². The van der Waals surface area contributed by atoms with Crippen molar-refractivity contribution >= 4 is 27.5 Å². The lowest BCUT2D eigenvalue weighted by molar-refractivity contribution is -0.118.